The van der Waals surface area contributed by atoms with Crippen molar-refractivity contribution in [2.24, 2.45) is 0 Å². The molecule has 0 rings (SSSR count). The van der Waals surface area contributed by atoms with Gasteiger partial charge in [-0.2, -0.15) is 4.89 Å². The van der Waals surface area contributed by atoms with Gasteiger partial charge in [-0.3, -0.25) is 0 Å². The zero-order chi connectivity index (χ0) is 7.11. The molecule has 0 fully saturated rings. The summed E-state index contributed by atoms with van der Waals surface area (Å²) in [5.74, 6) is 0. The van der Waals surface area contributed by atoms with Gasteiger partial charge in [0.15, 0.2) is 0 Å². The summed E-state index contributed by atoms with van der Waals surface area (Å²) in [6, 6.07) is 0. The Balaban J connectivity index is 3.06. The molecule has 0 aliphatic carbocycles. The summed E-state index contributed by atoms with van der Waals surface area (Å²) < 4.78 is 19.1. The van der Waals surface area contributed by atoms with Crippen molar-refractivity contribution in [3.05, 3.63) is 0 Å². The Bertz CT molecular complexity index is 84.6. The predicted octanol–water partition coefficient (Wildman–Crippen LogP) is 1.65. The van der Waals surface area contributed by atoms with Crippen LogP contribution in [0.25, 0.3) is 0 Å². The van der Waals surface area contributed by atoms with Gasteiger partial charge in [0.05, 0.1) is 11.3 Å². The normalized spacial score (nSPS) is 11.6. The maximum absolute atomic E-state index is 10.4. The van der Waals surface area contributed by atoms with E-state index in [0.29, 0.717) is 13.2 Å². The van der Waals surface area contributed by atoms with Crippen LogP contribution in [-0.2, 0) is 18.7 Å². The summed E-state index contributed by atoms with van der Waals surface area (Å²) >= 11 is 0. The number of hydrogen-bond donors (Lipinski definition) is 0. The van der Waals surface area contributed by atoms with Gasteiger partial charge in [0, 0.05) is 4.57 Å². The molecule has 0 aromatic rings. The van der Waals surface area contributed by atoms with Gasteiger partial charge in [-0.05, 0) is 13.8 Å². The van der Waals surface area contributed by atoms with Crippen LogP contribution in [0.15, 0.2) is 0 Å². The molecule has 1 atom stereocenters. The van der Waals surface area contributed by atoms with Gasteiger partial charge in [0.2, 0.25) is 0 Å². The molecule has 0 aliphatic heterocycles. The molecule has 0 N–H and O–H groups in total. The molecule has 0 aromatic carbocycles. The fourth-order valence-electron chi connectivity index (χ4n) is 0.223. The van der Waals surface area contributed by atoms with Gasteiger partial charge >= 0.3 is 8.25 Å². The van der Waals surface area contributed by atoms with Crippen molar-refractivity contribution < 1.29 is 18.7 Å². The quantitative estimate of drug-likeness (QED) is 0.342. The lowest BCUT2D eigenvalue weighted by Gasteiger charge is -1.83. The van der Waals surface area contributed by atoms with Crippen LogP contribution in [0.1, 0.15) is 13.8 Å². The topological polar surface area (TPSA) is 44.8 Å². The first-order valence-corrected chi connectivity index (χ1v) is 3.80. The lowest BCUT2D eigenvalue weighted by molar-refractivity contribution is -0.204. The van der Waals surface area contributed by atoms with Crippen LogP contribution in [0.3, 0.4) is 0 Å². The molecule has 0 amide bonds. The van der Waals surface area contributed by atoms with Crippen LogP contribution in [0.5, 0.6) is 0 Å². The second-order valence-corrected chi connectivity index (χ2v) is 1.98. The Morgan fingerprint density at radius 2 is 2.00 bits per heavy atom. The zero-order valence-electron chi connectivity index (χ0n) is 5.49. The second-order valence-electron chi connectivity index (χ2n) is 1.12. The standard InChI is InChI=1S/C4H10O4P/c1-3-6-8-9(5)7-4-2/h3-4H2,1-2H3/q+1. The van der Waals surface area contributed by atoms with E-state index in [4.69, 9.17) is 0 Å². The van der Waals surface area contributed by atoms with Crippen molar-refractivity contribution in [3.63, 3.8) is 0 Å². The van der Waals surface area contributed by atoms with E-state index < -0.39 is 8.25 Å². The smallest absolute Gasteiger partial charge is 0.188 e. The third-order valence-corrected chi connectivity index (χ3v) is 1.16. The fourth-order valence-corrected chi connectivity index (χ4v) is 0.668. The van der Waals surface area contributed by atoms with Crippen molar-refractivity contribution >= 4 is 8.25 Å². The zero-order valence-corrected chi connectivity index (χ0v) is 6.39. The summed E-state index contributed by atoms with van der Waals surface area (Å²) in [4.78, 5) is 4.34. The van der Waals surface area contributed by atoms with Gasteiger partial charge in [-0.25, -0.2) is 0 Å². The molecule has 0 aromatic heterocycles. The monoisotopic (exact) mass is 153 g/mol. The highest BCUT2D eigenvalue weighted by Crippen LogP contribution is 2.22. The van der Waals surface area contributed by atoms with Crippen molar-refractivity contribution in [3.8, 4) is 0 Å². The van der Waals surface area contributed by atoms with Gasteiger partial charge < -0.3 is 0 Å². The number of hydrogen-bond acceptors (Lipinski definition) is 4. The molecule has 0 aliphatic rings. The summed E-state index contributed by atoms with van der Waals surface area (Å²) in [5, 5.41) is 0. The maximum Gasteiger partial charge on any atom is 0.728 e. The summed E-state index contributed by atoms with van der Waals surface area (Å²) in [5.41, 5.74) is 0. The van der Waals surface area contributed by atoms with Gasteiger partial charge in [0.1, 0.15) is 6.61 Å². The van der Waals surface area contributed by atoms with Crippen molar-refractivity contribution in [1.82, 2.24) is 0 Å². The van der Waals surface area contributed by atoms with Crippen LogP contribution in [0.4, 0.5) is 0 Å². The van der Waals surface area contributed by atoms with Gasteiger partial charge in [-0.1, -0.05) is 0 Å². The fraction of sp³-hybridized carbons (Fsp3) is 1.00. The molecule has 0 radical (unpaired) electrons. The molecule has 0 heterocycles. The van der Waals surface area contributed by atoms with Crippen LogP contribution in [0.2, 0.25) is 0 Å². The molecule has 0 bridgehead atoms. The van der Waals surface area contributed by atoms with E-state index in [1.165, 1.54) is 0 Å². The van der Waals surface area contributed by atoms with Crippen LogP contribution < -0.4 is 0 Å². The molecule has 0 spiro atoms. The minimum absolute atomic E-state index is 0.363. The third kappa shape index (κ3) is 5.86. The first-order chi connectivity index (χ1) is 4.31. The maximum atomic E-state index is 10.4. The molecular weight excluding hydrogens is 143 g/mol. The average Bonchev–Trinajstić information content (AvgIpc) is 1.85. The molecular formula is C4H10O4P+. The Morgan fingerprint density at radius 3 is 2.44 bits per heavy atom. The van der Waals surface area contributed by atoms with Crippen LogP contribution >= 0.6 is 8.25 Å². The van der Waals surface area contributed by atoms with Gasteiger partial charge in [0.25, 0.3) is 0 Å². The first kappa shape index (κ1) is 8.98. The predicted molar refractivity (Wildman–Crippen MR) is 31.9 cm³/mol. The second kappa shape index (κ2) is 6.11. The van der Waals surface area contributed by atoms with Crippen LogP contribution in [0, 0.1) is 0 Å². The SMILES string of the molecule is CCOO[P+](=O)OCC. The van der Waals surface area contributed by atoms with E-state index in [1.54, 1.807) is 13.8 Å². The lowest BCUT2D eigenvalue weighted by atomic mass is 10.9. The Hall–Kier alpha value is -0.0200. The molecule has 5 heteroatoms. The van der Waals surface area contributed by atoms with E-state index in [-0.39, 0.29) is 0 Å². The molecule has 54 valence electrons. The van der Waals surface area contributed by atoms with Crippen molar-refractivity contribution in [2.75, 3.05) is 13.2 Å². The Labute approximate surface area is 55.0 Å². The average molecular weight is 153 g/mol. The summed E-state index contributed by atoms with van der Waals surface area (Å²) in [6.45, 7) is 4.19. The van der Waals surface area contributed by atoms with Crippen molar-refractivity contribution in [1.29, 1.82) is 0 Å². The third-order valence-electron chi connectivity index (χ3n) is 0.466. The number of rotatable bonds is 5. The van der Waals surface area contributed by atoms with E-state index in [2.05, 4.69) is 14.1 Å². The highest BCUT2D eigenvalue weighted by molar-refractivity contribution is 7.33. The van der Waals surface area contributed by atoms with E-state index in [1.807, 2.05) is 0 Å². The Morgan fingerprint density at radius 1 is 1.33 bits per heavy atom. The highest BCUT2D eigenvalue weighted by Gasteiger charge is 2.19. The van der Waals surface area contributed by atoms with E-state index in [9.17, 15) is 4.57 Å². The van der Waals surface area contributed by atoms with Crippen molar-refractivity contribution in [2.45, 2.75) is 13.8 Å². The molecule has 9 heavy (non-hydrogen) atoms. The minimum atomic E-state index is -2.06. The van der Waals surface area contributed by atoms with E-state index >= 15 is 0 Å². The lowest BCUT2D eigenvalue weighted by Crippen LogP contribution is -1.86. The molecule has 4 nitrogen and oxygen atoms in total. The molecule has 1 unspecified atom stereocenters. The summed E-state index contributed by atoms with van der Waals surface area (Å²) in [7, 11) is -2.06. The summed E-state index contributed by atoms with van der Waals surface area (Å²) in [6.07, 6.45) is 0. The van der Waals surface area contributed by atoms with Crippen LogP contribution in [-0.4, -0.2) is 13.2 Å². The highest BCUT2D eigenvalue weighted by atomic mass is 31.1. The minimum Gasteiger partial charge on any atom is -0.188 e. The first-order valence-electron chi connectivity index (χ1n) is 2.71. The molecule has 0 saturated carbocycles. The van der Waals surface area contributed by atoms with E-state index in [0.717, 1.165) is 0 Å². The molecule has 0 saturated heterocycles. The Kier molecular flexibility index (Phi) is 6.09. The largest absolute Gasteiger partial charge is 0.728 e. The van der Waals surface area contributed by atoms with Gasteiger partial charge in [-0.15, -0.1) is 4.52 Å².